The van der Waals surface area contributed by atoms with Gasteiger partial charge >= 0.3 is 0 Å². The number of amides is 1. The van der Waals surface area contributed by atoms with Crippen LogP contribution in [0.4, 0.5) is 0 Å². The molecule has 1 N–H and O–H groups in total. The zero-order valence-electron chi connectivity index (χ0n) is 7.95. The third-order valence-corrected chi connectivity index (χ3v) is 2.33. The summed E-state index contributed by atoms with van der Waals surface area (Å²) in [5.74, 6) is -0.150. The predicted octanol–water partition coefficient (Wildman–Crippen LogP) is 1.60. The molecule has 1 unspecified atom stereocenters. The first-order chi connectivity index (χ1) is 6.05. The first kappa shape index (κ1) is 9.86. The maximum absolute atomic E-state index is 11.3. The van der Waals surface area contributed by atoms with Gasteiger partial charge in [-0.15, -0.1) is 0 Å². The summed E-state index contributed by atoms with van der Waals surface area (Å²) in [7, 11) is 0. The lowest BCUT2D eigenvalue weighted by Crippen LogP contribution is -2.34. The quantitative estimate of drug-likeness (QED) is 0.373. The SMILES string of the molecule is CC1(C)CCC(N=[N+]=[N-])C(=O)NC1. The number of azide groups is 1. The summed E-state index contributed by atoms with van der Waals surface area (Å²) in [6.07, 6.45) is 1.54. The van der Waals surface area contributed by atoms with Crippen LogP contribution in [0.3, 0.4) is 0 Å². The van der Waals surface area contributed by atoms with Gasteiger partial charge in [-0.1, -0.05) is 19.0 Å². The van der Waals surface area contributed by atoms with Gasteiger partial charge in [0.05, 0.1) is 0 Å². The van der Waals surface area contributed by atoms with Crippen molar-refractivity contribution in [1.29, 1.82) is 0 Å². The average Bonchev–Trinajstić information content (AvgIpc) is 2.18. The molecule has 0 bridgehead atoms. The number of carbonyl (C=O) groups is 1. The van der Waals surface area contributed by atoms with Gasteiger partial charge in [0, 0.05) is 11.5 Å². The van der Waals surface area contributed by atoms with Gasteiger partial charge in [-0.2, -0.15) is 0 Å². The summed E-state index contributed by atoms with van der Waals surface area (Å²) >= 11 is 0. The van der Waals surface area contributed by atoms with Crippen molar-refractivity contribution in [2.45, 2.75) is 32.7 Å². The molecule has 1 amide bonds. The van der Waals surface area contributed by atoms with Gasteiger partial charge < -0.3 is 5.32 Å². The van der Waals surface area contributed by atoms with Crippen LogP contribution in [0.25, 0.3) is 10.4 Å². The normalized spacial score (nSPS) is 26.9. The smallest absolute Gasteiger partial charge is 0.229 e. The van der Waals surface area contributed by atoms with E-state index < -0.39 is 6.04 Å². The molecule has 13 heavy (non-hydrogen) atoms. The van der Waals surface area contributed by atoms with Gasteiger partial charge in [0.15, 0.2) is 0 Å². The Kier molecular flexibility index (Phi) is 2.78. The van der Waals surface area contributed by atoms with Crippen LogP contribution >= 0.6 is 0 Å². The maximum atomic E-state index is 11.3. The molecule has 5 heteroatoms. The van der Waals surface area contributed by atoms with Crippen molar-refractivity contribution in [3.63, 3.8) is 0 Å². The van der Waals surface area contributed by atoms with Crippen LogP contribution in [-0.4, -0.2) is 18.5 Å². The molecule has 1 fully saturated rings. The maximum Gasteiger partial charge on any atom is 0.229 e. The Bertz CT molecular complexity index is 255. The van der Waals surface area contributed by atoms with Gasteiger partial charge in [0.1, 0.15) is 6.04 Å². The van der Waals surface area contributed by atoms with E-state index in [-0.39, 0.29) is 11.3 Å². The van der Waals surface area contributed by atoms with Crippen molar-refractivity contribution < 1.29 is 4.79 Å². The van der Waals surface area contributed by atoms with Crippen molar-refractivity contribution in [2.24, 2.45) is 10.5 Å². The molecule has 1 heterocycles. The minimum atomic E-state index is -0.522. The zero-order chi connectivity index (χ0) is 9.90. The van der Waals surface area contributed by atoms with Gasteiger partial charge in [-0.05, 0) is 23.8 Å². The van der Waals surface area contributed by atoms with E-state index in [1.54, 1.807) is 0 Å². The molecule has 1 aliphatic heterocycles. The summed E-state index contributed by atoms with van der Waals surface area (Å²) < 4.78 is 0. The van der Waals surface area contributed by atoms with Gasteiger partial charge in [0.25, 0.3) is 0 Å². The average molecular weight is 182 g/mol. The van der Waals surface area contributed by atoms with Gasteiger partial charge in [0.2, 0.25) is 5.91 Å². The number of hydrogen-bond donors (Lipinski definition) is 1. The molecule has 0 aliphatic carbocycles. The van der Waals surface area contributed by atoms with E-state index in [1.807, 2.05) is 0 Å². The lowest BCUT2D eigenvalue weighted by atomic mass is 9.88. The highest BCUT2D eigenvalue weighted by Gasteiger charge is 2.28. The molecule has 0 aromatic rings. The Labute approximate surface area is 77.1 Å². The van der Waals surface area contributed by atoms with Crippen LogP contribution in [0.2, 0.25) is 0 Å². The molecule has 0 spiro atoms. The van der Waals surface area contributed by atoms with Crippen LogP contribution in [-0.2, 0) is 4.79 Å². The second kappa shape index (κ2) is 3.66. The van der Waals surface area contributed by atoms with E-state index in [9.17, 15) is 4.79 Å². The van der Waals surface area contributed by atoms with Crippen LogP contribution in [0, 0.1) is 5.41 Å². The molecule has 1 atom stereocenters. The van der Waals surface area contributed by atoms with E-state index in [0.29, 0.717) is 13.0 Å². The second-order valence-electron chi connectivity index (χ2n) is 4.14. The highest BCUT2D eigenvalue weighted by atomic mass is 16.2. The van der Waals surface area contributed by atoms with E-state index in [0.717, 1.165) is 6.42 Å². The summed E-state index contributed by atoms with van der Waals surface area (Å²) in [4.78, 5) is 14.0. The molecule has 1 saturated heterocycles. The Morgan fingerprint density at radius 3 is 3.00 bits per heavy atom. The van der Waals surface area contributed by atoms with Crippen LogP contribution in [0.5, 0.6) is 0 Å². The highest BCUT2D eigenvalue weighted by Crippen LogP contribution is 2.25. The highest BCUT2D eigenvalue weighted by molar-refractivity contribution is 5.82. The predicted molar refractivity (Wildman–Crippen MR) is 49.0 cm³/mol. The van der Waals surface area contributed by atoms with E-state index >= 15 is 0 Å². The molecule has 0 aromatic carbocycles. The lowest BCUT2D eigenvalue weighted by Gasteiger charge is -2.20. The fourth-order valence-electron chi connectivity index (χ4n) is 1.36. The third kappa shape index (κ3) is 2.63. The number of hydrogen-bond acceptors (Lipinski definition) is 2. The summed E-state index contributed by atoms with van der Waals surface area (Å²) in [5, 5.41) is 6.22. The molecule has 0 saturated carbocycles. The molecule has 0 aromatic heterocycles. The number of carbonyl (C=O) groups excluding carboxylic acids is 1. The minimum absolute atomic E-state index is 0.107. The number of nitrogens with zero attached hydrogens (tertiary/aromatic N) is 3. The molecular formula is C8H14N4O. The third-order valence-electron chi connectivity index (χ3n) is 2.33. The van der Waals surface area contributed by atoms with Crippen molar-refractivity contribution in [1.82, 2.24) is 5.32 Å². The van der Waals surface area contributed by atoms with E-state index in [1.165, 1.54) is 0 Å². The van der Waals surface area contributed by atoms with Crippen molar-refractivity contribution >= 4 is 5.91 Å². The lowest BCUT2D eigenvalue weighted by molar-refractivity contribution is -0.122. The van der Waals surface area contributed by atoms with E-state index in [2.05, 4.69) is 29.2 Å². The Morgan fingerprint density at radius 2 is 2.38 bits per heavy atom. The Morgan fingerprint density at radius 1 is 1.69 bits per heavy atom. The van der Waals surface area contributed by atoms with Crippen molar-refractivity contribution in [3.05, 3.63) is 10.4 Å². The van der Waals surface area contributed by atoms with Crippen LogP contribution < -0.4 is 5.32 Å². The topological polar surface area (TPSA) is 77.9 Å². The number of nitrogens with one attached hydrogen (secondary N) is 1. The summed E-state index contributed by atoms with van der Waals surface area (Å²) in [6.45, 7) is 4.83. The van der Waals surface area contributed by atoms with E-state index in [4.69, 9.17) is 5.53 Å². The molecule has 0 radical (unpaired) electrons. The molecule has 5 nitrogen and oxygen atoms in total. The molecular weight excluding hydrogens is 168 g/mol. The van der Waals surface area contributed by atoms with Crippen LogP contribution in [0.15, 0.2) is 5.11 Å². The molecule has 72 valence electrons. The van der Waals surface area contributed by atoms with Crippen LogP contribution in [0.1, 0.15) is 26.7 Å². The Balaban J connectivity index is 2.70. The summed E-state index contributed by atoms with van der Waals surface area (Å²) in [5.41, 5.74) is 8.34. The monoisotopic (exact) mass is 182 g/mol. The van der Waals surface area contributed by atoms with Crippen molar-refractivity contribution in [2.75, 3.05) is 6.54 Å². The van der Waals surface area contributed by atoms with Crippen molar-refractivity contribution in [3.8, 4) is 0 Å². The standard InChI is InChI=1S/C8H14N4O/c1-8(2)4-3-6(11-12-9)7(13)10-5-8/h6H,3-5H2,1-2H3,(H,10,13). The van der Waals surface area contributed by atoms with Gasteiger partial charge in [-0.25, -0.2) is 0 Å². The zero-order valence-corrected chi connectivity index (χ0v) is 7.95. The fourth-order valence-corrected chi connectivity index (χ4v) is 1.36. The minimum Gasteiger partial charge on any atom is -0.355 e. The largest absolute Gasteiger partial charge is 0.355 e. The Hall–Kier alpha value is -1.22. The molecule has 1 rings (SSSR count). The number of rotatable bonds is 1. The molecule has 1 aliphatic rings. The first-order valence-corrected chi connectivity index (χ1v) is 4.37. The first-order valence-electron chi connectivity index (χ1n) is 4.37. The second-order valence-corrected chi connectivity index (χ2v) is 4.14. The fraction of sp³-hybridized carbons (Fsp3) is 0.875. The van der Waals surface area contributed by atoms with Gasteiger partial charge in [-0.3, -0.25) is 4.79 Å². The summed E-state index contributed by atoms with van der Waals surface area (Å²) in [6, 6.07) is -0.522.